The van der Waals surface area contributed by atoms with Crippen molar-refractivity contribution >= 4 is 11.9 Å². The first-order valence-corrected chi connectivity index (χ1v) is 5.26. The average molecular weight is 214 g/mol. The van der Waals surface area contributed by atoms with Crippen molar-refractivity contribution in [2.75, 3.05) is 13.2 Å². The van der Waals surface area contributed by atoms with Crippen LogP contribution in [0.5, 0.6) is 0 Å². The van der Waals surface area contributed by atoms with Gasteiger partial charge in [-0.25, -0.2) is 0 Å². The molecule has 0 aliphatic carbocycles. The summed E-state index contributed by atoms with van der Waals surface area (Å²) >= 11 is 0. The third-order valence-corrected chi connectivity index (χ3v) is 2.61. The first-order chi connectivity index (χ1) is 7.02. The van der Waals surface area contributed by atoms with E-state index in [0.29, 0.717) is 13.1 Å². The van der Waals surface area contributed by atoms with Crippen molar-refractivity contribution in [3.8, 4) is 0 Å². The lowest BCUT2D eigenvalue weighted by molar-refractivity contribution is -0.141. The average Bonchev–Trinajstić information content (AvgIpc) is 2.51. The Hall–Kier alpha value is -1.10. The lowest BCUT2D eigenvalue weighted by atomic mass is 10.1. The van der Waals surface area contributed by atoms with Crippen molar-refractivity contribution in [1.29, 1.82) is 0 Å². The SMILES string of the molecule is CC(C)[C@H](NCN1CCCC1=O)C(=O)O. The van der Waals surface area contributed by atoms with Crippen molar-refractivity contribution in [3.05, 3.63) is 0 Å². The topological polar surface area (TPSA) is 69.6 Å². The Labute approximate surface area is 89.4 Å². The van der Waals surface area contributed by atoms with E-state index in [1.165, 1.54) is 0 Å². The number of hydrogen-bond acceptors (Lipinski definition) is 3. The smallest absolute Gasteiger partial charge is 0.321 e. The van der Waals surface area contributed by atoms with E-state index >= 15 is 0 Å². The molecule has 2 N–H and O–H groups in total. The number of carboxylic acids is 1. The Morgan fingerprint density at radius 3 is 2.67 bits per heavy atom. The molecule has 86 valence electrons. The summed E-state index contributed by atoms with van der Waals surface area (Å²) < 4.78 is 0. The molecule has 1 rings (SSSR count). The van der Waals surface area contributed by atoms with Crippen LogP contribution in [-0.4, -0.2) is 41.1 Å². The second kappa shape index (κ2) is 5.11. The molecule has 5 nitrogen and oxygen atoms in total. The van der Waals surface area contributed by atoms with Gasteiger partial charge in [0.25, 0.3) is 0 Å². The molecular formula is C10H18N2O3. The van der Waals surface area contributed by atoms with E-state index in [-0.39, 0.29) is 11.8 Å². The number of nitrogens with one attached hydrogen (secondary N) is 1. The minimum atomic E-state index is -0.864. The number of amides is 1. The van der Waals surface area contributed by atoms with Gasteiger partial charge in [-0.15, -0.1) is 0 Å². The fraction of sp³-hybridized carbons (Fsp3) is 0.800. The van der Waals surface area contributed by atoms with Gasteiger partial charge in [0.1, 0.15) is 6.04 Å². The van der Waals surface area contributed by atoms with Gasteiger partial charge in [-0.3, -0.25) is 14.9 Å². The third-order valence-electron chi connectivity index (χ3n) is 2.61. The molecule has 1 amide bonds. The molecule has 5 heteroatoms. The Morgan fingerprint density at radius 1 is 1.60 bits per heavy atom. The van der Waals surface area contributed by atoms with Crippen LogP contribution >= 0.6 is 0 Å². The Bertz CT molecular complexity index is 253. The molecule has 0 bridgehead atoms. The number of hydrogen-bond donors (Lipinski definition) is 2. The maximum Gasteiger partial charge on any atom is 0.321 e. The summed E-state index contributed by atoms with van der Waals surface area (Å²) in [6.07, 6.45) is 1.46. The van der Waals surface area contributed by atoms with E-state index in [9.17, 15) is 9.59 Å². The molecule has 0 saturated carbocycles. The van der Waals surface area contributed by atoms with Gasteiger partial charge < -0.3 is 10.0 Å². The summed E-state index contributed by atoms with van der Waals surface area (Å²) in [5, 5.41) is 11.8. The molecule has 0 unspecified atom stereocenters. The van der Waals surface area contributed by atoms with Gasteiger partial charge in [-0.2, -0.15) is 0 Å². The van der Waals surface area contributed by atoms with Crippen LogP contribution in [0.25, 0.3) is 0 Å². The quantitative estimate of drug-likeness (QED) is 0.689. The van der Waals surface area contributed by atoms with Gasteiger partial charge in [0.2, 0.25) is 5.91 Å². The number of carbonyl (C=O) groups is 2. The van der Waals surface area contributed by atoms with Crippen LogP contribution in [0, 0.1) is 5.92 Å². The molecule has 1 saturated heterocycles. The summed E-state index contributed by atoms with van der Waals surface area (Å²) in [5.41, 5.74) is 0. The second-order valence-electron chi connectivity index (χ2n) is 4.18. The molecule has 1 fully saturated rings. The minimum Gasteiger partial charge on any atom is -0.480 e. The van der Waals surface area contributed by atoms with Gasteiger partial charge in [0.15, 0.2) is 0 Å². The van der Waals surface area contributed by atoms with E-state index < -0.39 is 12.0 Å². The Morgan fingerprint density at radius 2 is 2.27 bits per heavy atom. The Balaban J connectivity index is 2.39. The summed E-state index contributed by atoms with van der Waals surface area (Å²) in [4.78, 5) is 23.8. The van der Waals surface area contributed by atoms with Gasteiger partial charge in [0, 0.05) is 13.0 Å². The standard InChI is InChI=1S/C10H18N2O3/c1-7(2)9(10(14)15)11-6-12-5-3-4-8(12)13/h7,9,11H,3-6H2,1-2H3,(H,14,15)/t9-/m0/s1. The minimum absolute atomic E-state index is 0.0141. The fourth-order valence-corrected chi connectivity index (χ4v) is 1.69. The van der Waals surface area contributed by atoms with Crippen LogP contribution in [0.3, 0.4) is 0 Å². The first kappa shape index (κ1) is 12.0. The fourth-order valence-electron chi connectivity index (χ4n) is 1.69. The van der Waals surface area contributed by atoms with Crippen LogP contribution in [0.2, 0.25) is 0 Å². The van der Waals surface area contributed by atoms with Crippen molar-refractivity contribution in [3.63, 3.8) is 0 Å². The van der Waals surface area contributed by atoms with E-state index in [1.807, 2.05) is 13.8 Å². The molecule has 1 heterocycles. The highest BCUT2D eigenvalue weighted by atomic mass is 16.4. The molecular weight excluding hydrogens is 196 g/mol. The van der Waals surface area contributed by atoms with Gasteiger partial charge in [-0.1, -0.05) is 13.8 Å². The van der Waals surface area contributed by atoms with Gasteiger partial charge in [-0.05, 0) is 12.3 Å². The monoisotopic (exact) mass is 214 g/mol. The number of likely N-dealkylation sites (tertiary alicyclic amines) is 1. The maximum absolute atomic E-state index is 11.3. The van der Waals surface area contributed by atoms with Crippen LogP contribution in [0.1, 0.15) is 26.7 Å². The third kappa shape index (κ3) is 3.20. The number of aliphatic carboxylic acids is 1. The van der Waals surface area contributed by atoms with Crippen molar-refractivity contribution in [2.24, 2.45) is 5.92 Å². The molecule has 1 atom stereocenters. The molecule has 1 aliphatic heterocycles. The molecule has 1 aliphatic rings. The number of rotatable bonds is 5. The van der Waals surface area contributed by atoms with E-state index in [4.69, 9.17) is 5.11 Å². The highest BCUT2D eigenvalue weighted by molar-refractivity contribution is 5.78. The number of nitrogens with zero attached hydrogens (tertiary/aromatic N) is 1. The second-order valence-corrected chi connectivity index (χ2v) is 4.18. The zero-order chi connectivity index (χ0) is 11.4. The molecule has 0 aromatic heterocycles. The van der Waals surface area contributed by atoms with Gasteiger partial charge >= 0.3 is 5.97 Å². The van der Waals surface area contributed by atoms with Crippen LogP contribution in [0.4, 0.5) is 0 Å². The Kier molecular flexibility index (Phi) is 4.08. The summed E-state index contributed by atoms with van der Waals surface area (Å²) in [6.45, 7) is 4.76. The molecule has 0 spiro atoms. The summed E-state index contributed by atoms with van der Waals surface area (Å²) in [6, 6.07) is -0.585. The largest absolute Gasteiger partial charge is 0.480 e. The number of carbonyl (C=O) groups excluding carboxylic acids is 1. The zero-order valence-electron chi connectivity index (χ0n) is 9.19. The van der Waals surface area contributed by atoms with E-state index in [1.54, 1.807) is 4.90 Å². The van der Waals surface area contributed by atoms with Crippen molar-refractivity contribution in [1.82, 2.24) is 10.2 Å². The van der Waals surface area contributed by atoms with Crippen LogP contribution in [0.15, 0.2) is 0 Å². The molecule has 15 heavy (non-hydrogen) atoms. The predicted octanol–water partition coefficient (Wildman–Crippen LogP) is 0.265. The summed E-state index contributed by atoms with van der Waals surface area (Å²) in [7, 11) is 0. The lowest BCUT2D eigenvalue weighted by Crippen LogP contribution is -2.46. The highest BCUT2D eigenvalue weighted by Crippen LogP contribution is 2.09. The van der Waals surface area contributed by atoms with E-state index in [0.717, 1.165) is 13.0 Å². The highest BCUT2D eigenvalue weighted by Gasteiger charge is 2.24. The van der Waals surface area contributed by atoms with Crippen LogP contribution in [-0.2, 0) is 9.59 Å². The number of carboxylic acid groups (broad SMARTS) is 1. The maximum atomic E-state index is 11.3. The van der Waals surface area contributed by atoms with E-state index in [2.05, 4.69) is 5.32 Å². The van der Waals surface area contributed by atoms with Crippen molar-refractivity contribution in [2.45, 2.75) is 32.7 Å². The lowest BCUT2D eigenvalue weighted by Gasteiger charge is -2.22. The predicted molar refractivity (Wildman–Crippen MR) is 55.2 cm³/mol. The molecule has 0 radical (unpaired) electrons. The molecule has 0 aromatic carbocycles. The van der Waals surface area contributed by atoms with Crippen molar-refractivity contribution < 1.29 is 14.7 Å². The first-order valence-electron chi connectivity index (χ1n) is 5.26. The van der Waals surface area contributed by atoms with Gasteiger partial charge in [0.05, 0.1) is 6.67 Å². The zero-order valence-corrected chi connectivity index (χ0v) is 9.19. The normalized spacial score (nSPS) is 18.6. The van der Waals surface area contributed by atoms with Crippen LogP contribution < -0.4 is 5.32 Å². The molecule has 0 aromatic rings. The summed E-state index contributed by atoms with van der Waals surface area (Å²) in [5.74, 6) is -0.743.